The number of rotatable bonds is 3. The molecule has 1 spiro atoms. The second kappa shape index (κ2) is 7.62. The molecule has 4 nitrogen and oxygen atoms in total. The highest BCUT2D eigenvalue weighted by Crippen LogP contribution is 2.49. The number of hydrogen-bond donors (Lipinski definition) is 0. The summed E-state index contributed by atoms with van der Waals surface area (Å²) in [5.41, 5.74) is 4.93. The number of ether oxygens (including phenoxy) is 1. The molecule has 0 saturated heterocycles. The SMILES string of the molecule is COc1ccccc1-n1c(SC)nc2c(c1=O)C1(CCCCC1)Cc1ccccc1-2. The molecule has 0 atom stereocenters. The first-order chi connectivity index (χ1) is 14.7. The molecule has 5 heteroatoms. The third-order valence-electron chi connectivity index (χ3n) is 6.70. The van der Waals surface area contributed by atoms with Crippen molar-refractivity contribution in [1.29, 1.82) is 0 Å². The van der Waals surface area contributed by atoms with Crippen LogP contribution in [0.2, 0.25) is 0 Å². The highest BCUT2D eigenvalue weighted by atomic mass is 32.2. The third-order valence-corrected chi connectivity index (χ3v) is 7.34. The molecule has 0 unspecified atom stereocenters. The molecule has 1 aromatic heterocycles. The Morgan fingerprint density at radius 1 is 1.03 bits per heavy atom. The van der Waals surface area contributed by atoms with Crippen LogP contribution in [0.25, 0.3) is 16.9 Å². The molecule has 0 amide bonds. The van der Waals surface area contributed by atoms with E-state index in [0.29, 0.717) is 10.9 Å². The molecule has 0 N–H and O–H groups in total. The predicted molar refractivity (Wildman–Crippen MR) is 122 cm³/mol. The maximum atomic E-state index is 14.2. The van der Waals surface area contributed by atoms with Crippen molar-refractivity contribution >= 4 is 11.8 Å². The average molecular weight is 419 g/mol. The standard InChI is InChI=1S/C25H26N2O2S/c1-29-20-13-7-6-12-19(20)27-23(28)21-22(26-24(27)30-2)18-11-5-4-10-17(18)16-25(21)14-8-3-9-15-25/h4-7,10-13H,3,8-9,14-16H2,1-2H3. The Kier molecular flexibility index (Phi) is 4.94. The fourth-order valence-corrected chi connectivity index (χ4v) is 5.90. The van der Waals surface area contributed by atoms with Gasteiger partial charge in [-0.25, -0.2) is 4.98 Å². The van der Waals surface area contributed by atoms with Gasteiger partial charge in [-0.3, -0.25) is 9.36 Å². The molecule has 2 aliphatic carbocycles. The number of fused-ring (bicyclic) bond motifs is 4. The number of para-hydroxylation sites is 2. The van der Waals surface area contributed by atoms with Gasteiger partial charge in [0.1, 0.15) is 5.75 Å². The van der Waals surface area contributed by atoms with Crippen LogP contribution in [0, 0.1) is 0 Å². The summed E-state index contributed by atoms with van der Waals surface area (Å²) >= 11 is 1.50. The van der Waals surface area contributed by atoms with E-state index in [4.69, 9.17) is 9.72 Å². The summed E-state index contributed by atoms with van der Waals surface area (Å²) in [6.07, 6.45) is 8.59. The Morgan fingerprint density at radius 2 is 1.77 bits per heavy atom. The maximum absolute atomic E-state index is 14.2. The van der Waals surface area contributed by atoms with E-state index in [1.54, 1.807) is 11.7 Å². The van der Waals surface area contributed by atoms with Gasteiger partial charge in [-0.05, 0) is 43.2 Å². The number of nitrogens with zero attached hydrogens (tertiary/aromatic N) is 2. The normalized spacial score (nSPS) is 16.7. The van der Waals surface area contributed by atoms with Gasteiger partial charge in [0.05, 0.1) is 24.1 Å². The molecule has 154 valence electrons. The Morgan fingerprint density at radius 3 is 2.53 bits per heavy atom. The van der Waals surface area contributed by atoms with Gasteiger partial charge in [0.2, 0.25) is 0 Å². The van der Waals surface area contributed by atoms with Crippen LogP contribution in [0.15, 0.2) is 58.5 Å². The molecule has 0 bridgehead atoms. The van der Waals surface area contributed by atoms with Crippen molar-refractivity contribution in [2.45, 2.75) is 49.1 Å². The highest BCUT2D eigenvalue weighted by Gasteiger charge is 2.43. The summed E-state index contributed by atoms with van der Waals surface area (Å²) in [5.74, 6) is 0.686. The second-order valence-electron chi connectivity index (χ2n) is 8.31. The Balaban J connectivity index is 1.86. The van der Waals surface area contributed by atoms with E-state index in [0.717, 1.165) is 41.8 Å². The highest BCUT2D eigenvalue weighted by molar-refractivity contribution is 7.98. The van der Waals surface area contributed by atoms with E-state index in [-0.39, 0.29) is 11.0 Å². The third kappa shape index (κ3) is 2.90. The van der Waals surface area contributed by atoms with E-state index >= 15 is 0 Å². The van der Waals surface area contributed by atoms with Crippen molar-refractivity contribution in [2.24, 2.45) is 0 Å². The van der Waals surface area contributed by atoms with Crippen molar-refractivity contribution in [3.8, 4) is 22.7 Å². The van der Waals surface area contributed by atoms with Gasteiger partial charge in [-0.15, -0.1) is 0 Å². The van der Waals surface area contributed by atoms with Crippen molar-refractivity contribution in [3.63, 3.8) is 0 Å². The predicted octanol–water partition coefficient (Wildman–Crippen LogP) is 5.39. The lowest BCUT2D eigenvalue weighted by Crippen LogP contribution is -2.42. The van der Waals surface area contributed by atoms with Gasteiger partial charge in [-0.1, -0.05) is 67.4 Å². The first kappa shape index (κ1) is 19.4. The molecule has 1 fully saturated rings. The molecular weight excluding hydrogens is 392 g/mol. The van der Waals surface area contributed by atoms with Crippen molar-refractivity contribution < 1.29 is 4.74 Å². The lowest BCUT2D eigenvalue weighted by atomic mass is 9.62. The molecule has 3 aromatic rings. The summed E-state index contributed by atoms with van der Waals surface area (Å²) < 4.78 is 7.37. The molecule has 0 radical (unpaired) electrons. The van der Waals surface area contributed by atoms with Crippen LogP contribution < -0.4 is 10.3 Å². The number of methoxy groups -OCH3 is 1. The number of aromatic nitrogens is 2. The first-order valence-electron chi connectivity index (χ1n) is 10.6. The lowest BCUT2D eigenvalue weighted by molar-refractivity contribution is 0.283. The van der Waals surface area contributed by atoms with Crippen LogP contribution in [0.5, 0.6) is 5.75 Å². The molecule has 30 heavy (non-hydrogen) atoms. The summed E-state index contributed by atoms with van der Waals surface area (Å²) in [7, 11) is 1.65. The molecule has 5 rings (SSSR count). The quantitative estimate of drug-likeness (QED) is 0.423. The topological polar surface area (TPSA) is 44.1 Å². The fraction of sp³-hybridized carbons (Fsp3) is 0.360. The van der Waals surface area contributed by atoms with Crippen LogP contribution in [-0.4, -0.2) is 22.9 Å². The van der Waals surface area contributed by atoms with Gasteiger partial charge in [0, 0.05) is 11.0 Å². The minimum Gasteiger partial charge on any atom is -0.495 e. The Hall–Kier alpha value is -2.53. The zero-order valence-corrected chi connectivity index (χ0v) is 18.3. The molecule has 1 heterocycles. The Labute approximate surface area is 181 Å². The van der Waals surface area contributed by atoms with Gasteiger partial charge in [-0.2, -0.15) is 0 Å². The van der Waals surface area contributed by atoms with Crippen molar-refractivity contribution in [2.75, 3.05) is 13.4 Å². The molecular formula is C25H26N2O2S. The van der Waals surface area contributed by atoms with Gasteiger partial charge < -0.3 is 4.74 Å². The maximum Gasteiger partial charge on any atom is 0.263 e. The van der Waals surface area contributed by atoms with Gasteiger partial charge >= 0.3 is 0 Å². The minimum absolute atomic E-state index is 0.0604. The van der Waals surface area contributed by atoms with Crippen LogP contribution in [0.1, 0.15) is 43.2 Å². The zero-order chi connectivity index (χ0) is 20.7. The minimum atomic E-state index is -0.118. The largest absolute Gasteiger partial charge is 0.495 e. The van der Waals surface area contributed by atoms with E-state index in [9.17, 15) is 4.79 Å². The van der Waals surface area contributed by atoms with Crippen molar-refractivity contribution in [1.82, 2.24) is 9.55 Å². The second-order valence-corrected chi connectivity index (χ2v) is 9.08. The van der Waals surface area contributed by atoms with Crippen molar-refractivity contribution in [3.05, 3.63) is 70.0 Å². The lowest BCUT2D eigenvalue weighted by Gasteiger charge is -2.42. The number of hydrogen-bond acceptors (Lipinski definition) is 4. The molecule has 2 aromatic carbocycles. The van der Waals surface area contributed by atoms with E-state index in [1.165, 1.54) is 36.6 Å². The Bertz CT molecular complexity index is 1160. The summed E-state index contributed by atoms with van der Waals surface area (Å²) in [6, 6.07) is 16.2. The summed E-state index contributed by atoms with van der Waals surface area (Å²) in [5, 5.41) is 0.700. The average Bonchev–Trinajstić information content (AvgIpc) is 2.79. The van der Waals surface area contributed by atoms with Gasteiger partial charge in [0.25, 0.3) is 5.56 Å². The monoisotopic (exact) mass is 418 g/mol. The smallest absolute Gasteiger partial charge is 0.263 e. The van der Waals surface area contributed by atoms with Crippen LogP contribution in [-0.2, 0) is 11.8 Å². The molecule has 2 aliphatic rings. The number of benzene rings is 2. The van der Waals surface area contributed by atoms with E-state index in [1.807, 2.05) is 36.6 Å². The number of thioether (sulfide) groups is 1. The molecule has 0 aliphatic heterocycles. The van der Waals surface area contributed by atoms with E-state index < -0.39 is 0 Å². The fourth-order valence-electron chi connectivity index (χ4n) is 5.35. The zero-order valence-electron chi connectivity index (χ0n) is 17.5. The summed E-state index contributed by atoms with van der Waals surface area (Å²) in [4.78, 5) is 19.3. The van der Waals surface area contributed by atoms with Crippen LogP contribution in [0.3, 0.4) is 0 Å². The van der Waals surface area contributed by atoms with E-state index in [2.05, 4.69) is 18.2 Å². The molecule has 1 saturated carbocycles. The van der Waals surface area contributed by atoms with Crippen LogP contribution in [0.4, 0.5) is 0 Å². The first-order valence-corrected chi connectivity index (χ1v) is 11.8. The van der Waals surface area contributed by atoms with Crippen LogP contribution >= 0.6 is 11.8 Å². The van der Waals surface area contributed by atoms with Gasteiger partial charge in [0.15, 0.2) is 5.16 Å². The summed E-state index contributed by atoms with van der Waals surface area (Å²) in [6.45, 7) is 0.